The molecule has 2 nitrogen and oxygen atoms in total. The fraction of sp³-hybridized carbons (Fsp3) is 0.308. The summed E-state index contributed by atoms with van der Waals surface area (Å²) in [5, 5.41) is 4.28. The van der Waals surface area contributed by atoms with E-state index in [0.29, 0.717) is 5.92 Å². The minimum Gasteiger partial charge on any atom is -0.238 e. The summed E-state index contributed by atoms with van der Waals surface area (Å²) in [4.78, 5) is 0. The van der Waals surface area contributed by atoms with Crippen LogP contribution in [0.2, 0.25) is 0 Å². The molecule has 15 heavy (non-hydrogen) atoms. The predicted molar refractivity (Wildman–Crippen MR) is 62.4 cm³/mol. The van der Waals surface area contributed by atoms with Gasteiger partial charge in [0.15, 0.2) is 0 Å². The van der Waals surface area contributed by atoms with Crippen LogP contribution in [0.1, 0.15) is 31.0 Å². The van der Waals surface area contributed by atoms with Crippen LogP contribution in [-0.2, 0) is 0 Å². The van der Waals surface area contributed by atoms with Gasteiger partial charge in [-0.05, 0) is 36.6 Å². The van der Waals surface area contributed by atoms with E-state index in [4.69, 9.17) is 0 Å². The molecule has 0 aliphatic heterocycles. The van der Waals surface area contributed by atoms with Gasteiger partial charge in [-0.25, -0.2) is 4.68 Å². The zero-order chi connectivity index (χ0) is 10.8. The molecule has 0 atom stereocenters. The minimum atomic E-state index is 0.581. The van der Waals surface area contributed by atoms with Crippen molar-refractivity contribution < 1.29 is 0 Å². The van der Waals surface area contributed by atoms with Crippen LogP contribution >= 0.6 is 0 Å². The Morgan fingerprint density at radius 2 is 1.73 bits per heavy atom. The van der Waals surface area contributed by atoms with E-state index >= 15 is 0 Å². The SMILES string of the molecule is Cc1ccnn1-c1ccc(C(C)C)cc1. The molecule has 2 aromatic rings. The Hall–Kier alpha value is -1.57. The van der Waals surface area contributed by atoms with Crippen molar-refractivity contribution in [1.29, 1.82) is 0 Å². The second-order valence-corrected chi connectivity index (χ2v) is 4.13. The molecule has 0 bridgehead atoms. The maximum absolute atomic E-state index is 4.28. The van der Waals surface area contributed by atoms with Crippen molar-refractivity contribution in [2.24, 2.45) is 0 Å². The highest BCUT2D eigenvalue weighted by atomic mass is 15.3. The highest BCUT2D eigenvalue weighted by molar-refractivity contribution is 5.36. The molecule has 1 aromatic heterocycles. The van der Waals surface area contributed by atoms with E-state index in [1.807, 2.05) is 16.9 Å². The number of rotatable bonds is 2. The molecule has 2 rings (SSSR count). The van der Waals surface area contributed by atoms with Crippen LogP contribution in [0.15, 0.2) is 36.5 Å². The van der Waals surface area contributed by atoms with Crippen LogP contribution in [0, 0.1) is 6.92 Å². The van der Waals surface area contributed by atoms with Gasteiger partial charge in [-0.2, -0.15) is 5.10 Å². The highest BCUT2D eigenvalue weighted by Crippen LogP contribution is 2.17. The summed E-state index contributed by atoms with van der Waals surface area (Å²) in [6.45, 7) is 6.46. The monoisotopic (exact) mass is 200 g/mol. The largest absolute Gasteiger partial charge is 0.238 e. The molecule has 0 aliphatic carbocycles. The average molecular weight is 200 g/mol. The molecule has 78 valence electrons. The van der Waals surface area contributed by atoms with Crippen molar-refractivity contribution in [3.05, 3.63) is 47.8 Å². The lowest BCUT2D eigenvalue weighted by Gasteiger charge is -2.08. The number of hydrogen-bond donors (Lipinski definition) is 0. The summed E-state index contributed by atoms with van der Waals surface area (Å²) in [5.41, 5.74) is 3.65. The van der Waals surface area contributed by atoms with Crippen molar-refractivity contribution in [2.75, 3.05) is 0 Å². The Morgan fingerprint density at radius 1 is 1.07 bits per heavy atom. The predicted octanol–water partition coefficient (Wildman–Crippen LogP) is 3.30. The van der Waals surface area contributed by atoms with Gasteiger partial charge < -0.3 is 0 Å². The fourth-order valence-electron chi connectivity index (χ4n) is 1.64. The average Bonchev–Trinajstić information content (AvgIpc) is 2.65. The lowest BCUT2D eigenvalue weighted by molar-refractivity contribution is 0.836. The highest BCUT2D eigenvalue weighted by Gasteiger charge is 2.02. The Labute approximate surface area is 90.6 Å². The molecular formula is C13H16N2. The number of nitrogens with zero attached hydrogens (tertiary/aromatic N) is 2. The summed E-state index contributed by atoms with van der Waals surface area (Å²) in [6, 6.07) is 10.6. The lowest BCUT2D eigenvalue weighted by atomic mass is 10.0. The van der Waals surface area contributed by atoms with Crippen LogP contribution in [0.3, 0.4) is 0 Å². The van der Waals surface area contributed by atoms with Gasteiger partial charge in [-0.15, -0.1) is 0 Å². The third-order valence-electron chi connectivity index (χ3n) is 2.64. The quantitative estimate of drug-likeness (QED) is 0.727. The van der Waals surface area contributed by atoms with Gasteiger partial charge in [0.25, 0.3) is 0 Å². The second kappa shape index (κ2) is 3.89. The zero-order valence-electron chi connectivity index (χ0n) is 9.44. The normalized spacial score (nSPS) is 10.9. The first kappa shape index (κ1) is 9.97. The molecule has 0 aliphatic rings. The standard InChI is InChI=1S/C13H16N2/c1-10(2)12-4-6-13(7-5-12)15-11(3)8-9-14-15/h4-10H,1-3H3. The topological polar surface area (TPSA) is 17.8 Å². The summed E-state index contributed by atoms with van der Waals surface area (Å²) >= 11 is 0. The third kappa shape index (κ3) is 1.94. The van der Waals surface area contributed by atoms with Crippen molar-refractivity contribution in [2.45, 2.75) is 26.7 Å². The number of aryl methyl sites for hydroxylation is 1. The molecular weight excluding hydrogens is 184 g/mol. The van der Waals surface area contributed by atoms with E-state index in [0.717, 1.165) is 11.4 Å². The second-order valence-electron chi connectivity index (χ2n) is 4.13. The molecule has 2 heteroatoms. The smallest absolute Gasteiger partial charge is 0.0648 e. The molecule has 1 heterocycles. The van der Waals surface area contributed by atoms with Crippen molar-refractivity contribution in [1.82, 2.24) is 9.78 Å². The molecule has 0 radical (unpaired) electrons. The van der Waals surface area contributed by atoms with E-state index < -0.39 is 0 Å². The molecule has 0 N–H and O–H groups in total. The Balaban J connectivity index is 2.36. The first-order valence-electron chi connectivity index (χ1n) is 5.29. The van der Waals surface area contributed by atoms with Gasteiger partial charge in [0, 0.05) is 11.9 Å². The summed E-state index contributed by atoms with van der Waals surface area (Å²) < 4.78 is 1.95. The molecule has 0 amide bonds. The van der Waals surface area contributed by atoms with Crippen molar-refractivity contribution >= 4 is 0 Å². The van der Waals surface area contributed by atoms with E-state index in [2.05, 4.69) is 50.1 Å². The first-order valence-corrected chi connectivity index (χ1v) is 5.29. The van der Waals surface area contributed by atoms with E-state index in [9.17, 15) is 0 Å². The van der Waals surface area contributed by atoms with Gasteiger partial charge in [-0.1, -0.05) is 26.0 Å². The van der Waals surface area contributed by atoms with Crippen LogP contribution in [0.25, 0.3) is 5.69 Å². The van der Waals surface area contributed by atoms with Crippen LogP contribution in [0.4, 0.5) is 0 Å². The van der Waals surface area contributed by atoms with Gasteiger partial charge >= 0.3 is 0 Å². The van der Waals surface area contributed by atoms with Gasteiger partial charge in [-0.3, -0.25) is 0 Å². The molecule has 0 unspecified atom stereocenters. The number of benzene rings is 1. The number of aromatic nitrogens is 2. The van der Waals surface area contributed by atoms with Crippen molar-refractivity contribution in [3.8, 4) is 5.69 Å². The van der Waals surface area contributed by atoms with Gasteiger partial charge in [0.1, 0.15) is 0 Å². The lowest BCUT2D eigenvalue weighted by Crippen LogP contribution is -1.98. The summed E-state index contributed by atoms with van der Waals surface area (Å²) in [6.07, 6.45) is 1.83. The third-order valence-corrected chi connectivity index (χ3v) is 2.64. The maximum atomic E-state index is 4.28. The maximum Gasteiger partial charge on any atom is 0.0648 e. The fourth-order valence-corrected chi connectivity index (χ4v) is 1.64. The van der Waals surface area contributed by atoms with Crippen LogP contribution in [-0.4, -0.2) is 9.78 Å². The number of hydrogen-bond acceptors (Lipinski definition) is 1. The summed E-state index contributed by atoms with van der Waals surface area (Å²) in [7, 11) is 0. The molecule has 0 saturated carbocycles. The van der Waals surface area contributed by atoms with E-state index in [-0.39, 0.29) is 0 Å². The van der Waals surface area contributed by atoms with Gasteiger partial charge in [0.2, 0.25) is 0 Å². The molecule has 0 spiro atoms. The van der Waals surface area contributed by atoms with Crippen LogP contribution < -0.4 is 0 Å². The Kier molecular flexibility index (Phi) is 2.58. The minimum absolute atomic E-state index is 0.581. The Bertz CT molecular complexity index is 438. The Morgan fingerprint density at radius 3 is 2.20 bits per heavy atom. The van der Waals surface area contributed by atoms with Gasteiger partial charge in [0.05, 0.1) is 5.69 Å². The van der Waals surface area contributed by atoms with E-state index in [1.54, 1.807) is 0 Å². The van der Waals surface area contributed by atoms with Crippen LogP contribution in [0.5, 0.6) is 0 Å². The summed E-state index contributed by atoms with van der Waals surface area (Å²) in [5.74, 6) is 0.581. The van der Waals surface area contributed by atoms with E-state index in [1.165, 1.54) is 5.56 Å². The molecule has 0 saturated heterocycles. The molecule has 1 aromatic carbocycles. The first-order chi connectivity index (χ1) is 7.18. The molecule has 0 fully saturated rings. The van der Waals surface area contributed by atoms with Crippen molar-refractivity contribution in [3.63, 3.8) is 0 Å². The zero-order valence-corrected chi connectivity index (χ0v) is 9.44.